The third kappa shape index (κ3) is 10.6. The lowest BCUT2D eigenvalue weighted by Gasteiger charge is -2.06. The second kappa shape index (κ2) is 7.61. The fourth-order valence-corrected chi connectivity index (χ4v) is 1.38. The monoisotopic (exact) mass is 282 g/mol. The Hall–Kier alpha value is 0.370. The molecule has 0 saturated carbocycles. The standard InChI is InChI=1S/C6H12Cl2O6S/c7-5(9)1-3-13-15(11,12)14-4-2-6(8)10/h5-6,9-10H,1-4H2. The van der Waals surface area contributed by atoms with Crippen LogP contribution in [-0.4, -0.2) is 43.0 Å². The van der Waals surface area contributed by atoms with Crippen molar-refractivity contribution in [3.05, 3.63) is 0 Å². The molecule has 2 N–H and O–H groups in total. The molecule has 2 atom stereocenters. The Bertz CT molecular complexity index is 232. The first-order chi connectivity index (χ1) is 6.83. The summed E-state index contributed by atoms with van der Waals surface area (Å²) >= 11 is 10.3. The van der Waals surface area contributed by atoms with Gasteiger partial charge in [-0.1, -0.05) is 23.2 Å². The summed E-state index contributed by atoms with van der Waals surface area (Å²) in [6.07, 6.45) is -0.0788. The third-order valence-corrected chi connectivity index (χ3v) is 2.51. The van der Waals surface area contributed by atoms with Gasteiger partial charge >= 0.3 is 10.4 Å². The minimum Gasteiger partial charge on any atom is -0.378 e. The number of hydrogen-bond acceptors (Lipinski definition) is 6. The maximum absolute atomic E-state index is 10.9. The van der Waals surface area contributed by atoms with E-state index in [4.69, 9.17) is 33.4 Å². The van der Waals surface area contributed by atoms with Gasteiger partial charge in [0.15, 0.2) is 0 Å². The normalized spacial score (nSPS) is 16.3. The van der Waals surface area contributed by atoms with Gasteiger partial charge in [0.2, 0.25) is 0 Å². The Morgan fingerprint density at radius 1 is 1.00 bits per heavy atom. The largest absolute Gasteiger partial charge is 0.399 e. The van der Waals surface area contributed by atoms with Crippen molar-refractivity contribution < 1.29 is 27.0 Å². The molecule has 0 aromatic heterocycles. The summed E-state index contributed by atoms with van der Waals surface area (Å²) < 4.78 is 30.4. The van der Waals surface area contributed by atoms with Gasteiger partial charge in [0.1, 0.15) is 11.1 Å². The van der Waals surface area contributed by atoms with E-state index >= 15 is 0 Å². The zero-order valence-corrected chi connectivity index (χ0v) is 10.0. The molecule has 0 radical (unpaired) electrons. The van der Waals surface area contributed by atoms with Crippen LogP contribution in [0.2, 0.25) is 0 Å². The van der Waals surface area contributed by atoms with Gasteiger partial charge in [-0.05, 0) is 0 Å². The van der Waals surface area contributed by atoms with Crippen molar-refractivity contribution in [1.82, 2.24) is 0 Å². The SMILES string of the molecule is O=S(=O)(OCCC(O)Cl)OCCC(O)Cl. The summed E-state index contributed by atoms with van der Waals surface area (Å²) in [7, 11) is -4.11. The minimum atomic E-state index is -4.11. The molecule has 0 spiro atoms. The third-order valence-electron chi connectivity index (χ3n) is 1.17. The first-order valence-corrected chi connectivity index (χ1v) is 6.22. The van der Waals surface area contributed by atoms with Gasteiger partial charge in [-0.2, -0.15) is 8.42 Å². The zero-order valence-electron chi connectivity index (χ0n) is 7.67. The maximum atomic E-state index is 10.9. The van der Waals surface area contributed by atoms with Crippen molar-refractivity contribution in [2.75, 3.05) is 13.2 Å². The van der Waals surface area contributed by atoms with E-state index in [0.717, 1.165) is 0 Å². The molecule has 15 heavy (non-hydrogen) atoms. The molecule has 92 valence electrons. The number of aliphatic hydroxyl groups excluding tert-OH is 2. The number of alkyl halides is 2. The Labute approximate surface area is 98.0 Å². The molecule has 0 aliphatic rings. The lowest BCUT2D eigenvalue weighted by Crippen LogP contribution is -2.15. The Morgan fingerprint density at radius 2 is 1.33 bits per heavy atom. The van der Waals surface area contributed by atoms with Crippen LogP contribution in [-0.2, 0) is 18.8 Å². The van der Waals surface area contributed by atoms with E-state index in [1.165, 1.54) is 0 Å². The Kier molecular flexibility index (Phi) is 7.80. The average Bonchev–Trinajstić information content (AvgIpc) is 2.01. The molecule has 0 aliphatic carbocycles. The van der Waals surface area contributed by atoms with E-state index in [0.29, 0.717) is 0 Å². The van der Waals surface area contributed by atoms with Crippen molar-refractivity contribution in [1.29, 1.82) is 0 Å². The van der Waals surface area contributed by atoms with E-state index < -0.39 is 21.5 Å². The van der Waals surface area contributed by atoms with Gasteiger partial charge in [-0.3, -0.25) is 0 Å². The molecular formula is C6H12Cl2O6S. The summed E-state index contributed by atoms with van der Waals surface area (Å²) in [5.41, 5.74) is -2.32. The number of aliphatic hydroxyl groups is 2. The quantitative estimate of drug-likeness (QED) is 0.616. The molecular weight excluding hydrogens is 271 g/mol. The van der Waals surface area contributed by atoms with Crippen LogP contribution in [0.5, 0.6) is 0 Å². The summed E-state index contributed by atoms with van der Waals surface area (Å²) in [6.45, 7) is -0.563. The smallest absolute Gasteiger partial charge is 0.378 e. The number of rotatable bonds is 8. The molecule has 0 fully saturated rings. The number of halogens is 2. The van der Waals surface area contributed by atoms with Crippen molar-refractivity contribution >= 4 is 33.6 Å². The average molecular weight is 283 g/mol. The molecule has 0 saturated heterocycles. The highest BCUT2D eigenvalue weighted by molar-refractivity contribution is 7.81. The van der Waals surface area contributed by atoms with Crippen molar-refractivity contribution in [3.8, 4) is 0 Å². The summed E-state index contributed by atoms with van der Waals surface area (Å²) in [5.74, 6) is 0. The van der Waals surface area contributed by atoms with Crippen molar-refractivity contribution in [2.24, 2.45) is 0 Å². The van der Waals surface area contributed by atoms with E-state index in [-0.39, 0.29) is 26.1 Å². The van der Waals surface area contributed by atoms with Crippen LogP contribution in [0.15, 0.2) is 0 Å². The van der Waals surface area contributed by atoms with Gasteiger partial charge in [0.25, 0.3) is 0 Å². The topological polar surface area (TPSA) is 93.1 Å². The first-order valence-electron chi connectivity index (χ1n) is 4.01. The van der Waals surface area contributed by atoms with Crippen molar-refractivity contribution in [2.45, 2.75) is 24.0 Å². The number of hydrogen-bond donors (Lipinski definition) is 2. The van der Waals surface area contributed by atoms with Crippen LogP contribution >= 0.6 is 23.2 Å². The first kappa shape index (κ1) is 15.4. The molecule has 2 unspecified atom stereocenters. The molecule has 0 aromatic carbocycles. The molecule has 0 aliphatic heterocycles. The molecule has 6 nitrogen and oxygen atoms in total. The van der Waals surface area contributed by atoms with Crippen molar-refractivity contribution in [3.63, 3.8) is 0 Å². The highest BCUT2D eigenvalue weighted by atomic mass is 35.5. The predicted octanol–water partition coefficient (Wildman–Crippen LogP) is 0.159. The van der Waals surface area contributed by atoms with Crippen LogP contribution in [0.3, 0.4) is 0 Å². The molecule has 0 amide bonds. The lowest BCUT2D eigenvalue weighted by atomic mass is 10.5. The minimum absolute atomic E-state index is 0.0394. The second-order valence-electron chi connectivity index (χ2n) is 2.50. The molecule has 9 heteroatoms. The van der Waals surface area contributed by atoms with Crippen LogP contribution in [0.4, 0.5) is 0 Å². The summed E-state index contributed by atoms with van der Waals surface area (Å²) in [4.78, 5) is 0. The van der Waals surface area contributed by atoms with Gasteiger partial charge in [-0.15, -0.1) is 0 Å². The summed E-state index contributed by atoms with van der Waals surface area (Å²) in [6, 6.07) is 0. The van der Waals surface area contributed by atoms with Gasteiger partial charge < -0.3 is 10.2 Å². The predicted molar refractivity (Wildman–Crippen MR) is 53.8 cm³/mol. The van der Waals surface area contributed by atoms with Crippen LogP contribution in [0.1, 0.15) is 12.8 Å². The summed E-state index contributed by atoms with van der Waals surface area (Å²) in [5, 5.41) is 17.2. The molecule has 0 rings (SSSR count). The van der Waals surface area contributed by atoms with Gasteiger partial charge in [0.05, 0.1) is 13.2 Å². The highest BCUT2D eigenvalue weighted by Crippen LogP contribution is 2.04. The van der Waals surface area contributed by atoms with Crippen LogP contribution < -0.4 is 0 Å². The zero-order chi connectivity index (χ0) is 11.9. The van der Waals surface area contributed by atoms with E-state index in [1.54, 1.807) is 0 Å². The Balaban J connectivity index is 3.68. The van der Waals surface area contributed by atoms with E-state index in [9.17, 15) is 8.42 Å². The van der Waals surface area contributed by atoms with Gasteiger partial charge in [-0.25, -0.2) is 8.37 Å². The maximum Gasteiger partial charge on any atom is 0.399 e. The fraction of sp³-hybridized carbons (Fsp3) is 1.00. The highest BCUT2D eigenvalue weighted by Gasteiger charge is 2.13. The molecule has 0 aromatic rings. The lowest BCUT2D eigenvalue weighted by molar-refractivity contribution is 0.163. The van der Waals surface area contributed by atoms with E-state index in [2.05, 4.69) is 8.37 Å². The molecule has 0 bridgehead atoms. The van der Waals surface area contributed by atoms with Crippen LogP contribution in [0, 0.1) is 0 Å². The van der Waals surface area contributed by atoms with Gasteiger partial charge in [0, 0.05) is 12.8 Å². The fourth-order valence-electron chi connectivity index (χ4n) is 0.529. The Morgan fingerprint density at radius 3 is 1.60 bits per heavy atom. The van der Waals surface area contributed by atoms with E-state index in [1.807, 2.05) is 0 Å². The molecule has 0 heterocycles. The van der Waals surface area contributed by atoms with Crippen LogP contribution in [0.25, 0.3) is 0 Å². The second-order valence-corrected chi connectivity index (χ2v) is 4.79.